The fourth-order valence-electron chi connectivity index (χ4n) is 13.9. The van der Waals surface area contributed by atoms with Gasteiger partial charge in [0.05, 0.1) is 53.6 Å². The first-order valence-corrected chi connectivity index (χ1v) is 36.6. The predicted molar refractivity (Wildman–Crippen MR) is 414 cm³/mol. The molecule has 0 saturated heterocycles. The summed E-state index contributed by atoms with van der Waals surface area (Å²) in [5, 5.41) is 6.87. The van der Waals surface area contributed by atoms with Gasteiger partial charge in [-0.05, 0) is 150 Å². The van der Waals surface area contributed by atoms with Gasteiger partial charge in [0.2, 0.25) is 5.56 Å². The molecule has 0 amide bonds. The lowest BCUT2D eigenvalue weighted by Gasteiger charge is -2.20. The minimum Gasteiger partial charge on any atom is -0.307 e. The molecule has 1 aliphatic carbocycles. The van der Waals surface area contributed by atoms with Gasteiger partial charge in [0.25, 0.3) is 11.1 Å². The number of fused-ring (bicyclic) bond motifs is 6. The van der Waals surface area contributed by atoms with E-state index in [-0.39, 0.29) is 16.7 Å². The van der Waals surface area contributed by atoms with Gasteiger partial charge < -0.3 is 15.0 Å². The number of pyridine rings is 9. The number of nitrogens with zero attached hydrogens (tertiary/aromatic N) is 6. The van der Waals surface area contributed by atoms with Gasteiger partial charge in [-0.15, -0.1) is 23.5 Å². The molecule has 16 aromatic rings. The number of aryl methyl sites for hydroxylation is 1. The lowest BCUT2D eigenvalue weighted by atomic mass is 9.91. The Balaban J connectivity index is 0.777. The van der Waals surface area contributed by atoms with Crippen molar-refractivity contribution in [1.29, 1.82) is 0 Å². The second-order valence-corrected chi connectivity index (χ2v) is 29.4. The standard InChI is InChI=1S/C82H54Cl3N9O3S3/c1-43-60-39-67(98-2)82(97)94-80(60)93-77(70(43)51-30-48-17-12-28-86-73(48)64(84)36-51)49-16-11-15-47(29-49)56-34-53-31-50(35-63(83)74(53)88-42-56)61-38-62-66(99-57-18-7-4-8-19-57)40-69(96)90-81(62)91-72(61)46-24-22-44(23-25-46)55-33-54-32-52(37-65(85)75(54)87-41-55)71-76(45-13-5-3-6-14-45)92-79-59(26-27-68(95)89-79)78(71)100-58-20-9-10-21-58/h3-8,11-19,22-42,58H,9-10,20-21H2,1-2H3,(H,89,92,95)(H,90,91,96)(H,93,94,97). The Labute approximate surface area is 599 Å². The molecule has 3 N–H and O–H groups in total. The molecule has 0 atom stereocenters. The number of aromatic nitrogens is 9. The van der Waals surface area contributed by atoms with Crippen molar-refractivity contribution < 1.29 is 0 Å². The molecule has 1 saturated carbocycles. The fraction of sp³-hybridized carbons (Fsp3) is 0.0854. The molecule has 7 aromatic carbocycles. The van der Waals surface area contributed by atoms with E-state index in [9.17, 15) is 14.4 Å². The molecule has 1 fully saturated rings. The molecule has 9 heterocycles. The Morgan fingerprint density at radius 1 is 0.430 bits per heavy atom. The number of benzene rings is 7. The topological polar surface area (TPSA) is 176 Å². The lowest BCUT2D eigenvalue weighted by Crippen LogP contribution is -2.10. The van der Waals surface area contributed by atoms with Crippen molar-refractivity contribution in [2.45, 2.75) is 57.4 Å². The molecule has 9 aromatic heterocycles. The molecule has 0 spiro atoms. The van der Waals surface area contributed by atoms with E-state index in [2.05, 4.69) is 93.6 Å². The summed E-state index contributed by atoms with van der Waals surface area (Å²) in [6.07, 6.45) is 11.9. The van der Waals surface area contributed by atoms with Gasteiger partial charge >= 0.3 is 0 Å². The van der Waals surface area contributed by atoms with Gasteiger partial charge in [-0.2, -0.15) is 0 Å². The number of halogens is 3. The SMILES string of the molecule is CSc1cc2c(C)c(-c3cc(Cl)c4ncccc4c3)c(-c3cccc(-c4cnc5c(Cl)cc(-c6cc7c(Sc8ccccc8)cc(=O)[nH]c7nc6-c6ccc(-c7cnc8c(Cl)cc(-c9c(-c%10ccccc%10)nc%10[nH]c(=O)ccc%10c9SC9CCCC9)cc8c7)cc6)cc5c4)c3)nc2[nH]c1=O. The molecule has 0 radical (unpaired) electrons. The van der Waals surface area contributed by atoms with Gasteiger partial charge in [-0.25, -0.2) is 15.0 Å². The van der Waals surface area contributed by atoms with Crippen LogP contribution in [0.5, 0.6) is 0 Å². The van der Waals surface area contributed by atoms with Crippen molar-refractivity contribution in [2.24, 2.45) is 0 Å². The number of rotatable bonds is 13. The fourth-order valence-corrected chi connectivity index (χ4v) is 17.7. The van der Waals surface area contributed by atoms with Crippen molar-refractivity contribution in [3.8, 4) is 89.4 Å². The molecular weight excluding hydrogens is 1360 g/mol. The quantitative estimate of drug-likeness (QED) is 0.0933. The van der Waals surface area contributed by atoms with Gasteiger partial charge in [0.1, 0.15) is 16.9 Å². The Morgan fingerprint density at radius 3 is 1.73 bits per heavy atom. The second-order valence-electron chi connectivity index (χ2n) is 24.9. The average Bonchev–Trinajstić information content (AvgIpc) is 0.828. The van der Waals surface area contributed by atoms with E-state index >= 15 is 0 Å². The largest absolute Gasteiger partial charge is 0.307 e. The first-order chi connectivity index (χ1) is 48.8. The highest BCUT2D eigenvalue weighted by molar-refractivity contribution is 8.00. The van der Waals surface area contributed by atoms with E-state index < -0.39 is 0 Å². The van der Waals surface area contributed by atoms with Crippen LogP contribution >= 0.6 is 70.1 Å². The second kappa shape index (κ2) is 26.1. The highest BCUT2D eigenvalue weighted by atomic mass is 35.5. The van der Waals surface area contributed by atoms with Crippen molar-refractivity contribution in [3.63, 3.8) is 0 Å². The highest BCUT2D eigenvalue weighted by Gasteiger charge is 2.27. The Hall–Kier alpha value is -10.2. The number of aromatic amines is 3. The molecule has 0 unspecified atom stereocenters. The van der Waals surface area contributed by atoms with Gasteiger partial charge in [-0.1, -0.05) is 156 Å². The summed E-state index contributed by atoms with van der Waals surface area (Å²) >= 11 is 26.4. The van der Waals surface area contributed by atoms with Crippen LogP contribution in [0, 0.1) is 6.92 Å². The Morgan fingerprint density at radius 2 is 1.00 bits per heavy atom. The van der Waals surface area contributed by atoms with E-state index in [0.29, 0.717) is 70.1 Å². The normalized spacial score (nSPS) is 12.7. The molecule has 12 nitrogen and oxygen atoms in total. The summed E-state index contributed by atoms with van der Waals surface area (Å²) in [7, 11) is 0. The smallest absolute Gasteiger partial charge is 0.263 e. The summed E-state index contributed by atoms with van der Waals surface area (Å²) in [5.74, 6) is 0. The zero-order valence-corrected chi connectivity index (χ0v) is 58.2. The van der Waals surface area contributed by atoms with E-state index in [1.165, 1.54) is 36.4 Å². The van der Waals surface area contributed by atoms with E-state index in [4.69, 9.17) is 59.7 Å². The van der Waals surface area contributed by atoms with Crippen molar-refractivity contribution in [2.75, 3.05) is 6.26 Å². The molecule has 0 bridgehead atoms. The van der Waals surface area contributed by atoms with Crippen LogP contribution in [-0.2, 0) is 0 Å². The van der Waals surface area contributed by atoms with Crippen LogP contribution in [0.3, 0.4) is 0 Å². The molecule has 1 aliphatic rings. The molecular formula is C82H54Cl3N9O3S3. The van der Waals surface area contributed by atoms with E-state index in [0.717, 1.165) is 143 Å². The average molecular weight is 1420 g/mol. The number of nitrogens with one attached hydrogen (secondary N) is 3. The molecule has 18 heteroatoms. The summed E-state index contributed by atoms with van der Waals surface area (Å²) in [4.78, 5) is 82.7. The number of hydrogen-bond donors (Lipinski definition) is 3. The number of hydrogen-bond acceptors (Lipinski definition) is 12. The van der Waals surface area contributed by atoms with Crippen LogP contribution in [0.15, 0.2) is 253 Å². The zero-order chi connectivity index (χ0) is 67.9. The highest BCUT2D eigenvalue weighted by Crippen LogP contribution is 2.49. The first-order valence-electron chi connectivity index (χ1n) is 32.5. The summed E-state index contributed by atoms with van der Waals surface area (Å²) in [6.45, 7) is 2.06. The zero-order valence-electron chi connectivity index (χ0n) is 53.5. The molecule has 17 rings (SSSR count). The van der Waals surface area contributed by atoms with Crippen LogP contribution in [0.25, 0.3) is 155 Å². The third kappa shape index (κ3) is 11.8. The van der Waals surface area contributed by atoms with Crippen LogP contribution < -0.4 is 16.7 Å². The number of H-pyrrole nitrogens is 3. The predicted octanol–water partition coefficient (Wildman–Crippen LogP) is 21.6. The third-order valence-electron chi connectivity index (χ3n) is 18.7. The lowest BCUT2D eigenvalue weighted by molar-refractivity contribution is 0.886. The van der Waals surface area contributed by atoms with Gasteiger partial charge in [0, 0.05) is 127 Å². The van der Waals surface area contributed by atoms with E-state index in [1.54, 1.807) is 18.3 Å². The first kappa shape index (κ1) is 63.2. The summed E-state index contributed by atoms with van der Waals surface area (Å²) in [5.41, 5.74) is 16.9. The van der Waals surface area contributed by atoms with E-state index in [1.807, 2.05) is 152 Å². The minimum atomic E-state index is -0.276. The molecule has 484 valence electrons. The Bertz CT molecular complexity index is 6250. The minimum absolute atomic E-state index is 0.207. The van der Waals surface area contributed by atoms with Crippen molar-refractivity contribution in [3.05, 3.63) is 270 Å². The van der Waals surface area contributed by atoms with Crippen LogP contribution in [-0.4, -0.2) is 56.4 Å². The third-order valence-corrected chi connectivity index (χ3v) is 22.8. The Kier molecular flexibility index (Phi) is 16.5. The van der Waals surface area contributed by atoms with Gasteiger partial charge in [-0.3, -0.25) is 29.3 Å². The monoisotopic (exact) mass is 1410 g/mol. The summed E-state index contributed by atoms with van der Waals surface area (Å²) in [6, 6.07) is 65.8. The van der Waals surface area contributed by atoms with Crippen LogP contribution in [0.1, 0.15) is 31.2 Å². The maximum atomic E-state index is 13.6. The maximum Gasteiger partial charge on any atom is 0.263 e. The molecule has 100 heavy (non-hydrogen) atoms. The number of thioether (sulfide) groups is 2. The van der Waals surface area contributed by atoms with Crippen LogP contribution in [0.2, 0.25) is 15.1 Å². The van der Waals surface area contributed by atoms with Crippen molar-refractivity contribution >= 4 is 136 Å². The maximum absolute atomic E-state index is 13.6. The van der Waals surface area contributed by atoms with Crippen LogP contribution in [0.4, 0.5) is 0 Å². The molecule has 0 aliphatic heterocycles. The summed E-state index contributed by atoms with van der Waals surface area (Å²) < 4.78 is 0. The van der Waals surface area contributed by atoms with Gasteiger partial charge in [0.15, 0.2) is 0 Å². The van der Waals surface area contributed by atoms with Crippen molar-refractivity contribution in [1.82, 2.24) is 44.9 Å².